The van der Waals surface area contributed by atoms with Gasteiger partial charge in [0.1, 0.15) is 12.2 Å². The lowest BCUT2D eigenvalue weighted by atomic mass is 9.57. The molecule has 3 amide bonds. The predicted octanol–water partition coefficient (Wildman–Crippen LogP) is 2.73. The highest BCUT2D eigenvalue weighted by atomic mass is 19.1. The third-order valence-corrected chi connectivity index (χ3v) is 7.53. The van der Waals surface area contributed by atoms with Gasteiger partial charge in [0.25, 0.3) is 0 Å². The number of hydrogen-bond donors (Lipinski definition) is 3. The largest absolute Gasteiger partial charge is 0.326 e. The monoisotopic (exact) mass is 455 g/mol. The van der Waals surface area contributed by atoms with Gasteiger partial charge in [0.2, 0.25) is 17.7 Å². The molecule has 4 fully saturated rings. The fraction of sp³-hybridized carbons (Fsp3) is 0.583. The van der Waals surface area contributed by atoms with Crippen molar-refractivity contribution in [2.75, 3.05) is 23.7 Å². The molecule has 9 heteroatoms. The Balaban J connectivity index is 1.30. The number of carbonyl (C=O) groups excluding carboxylic acids is 3. The van der Waals surface area contributed by atoms with Crippen LogP contribution in [0.4, 0.5) is 15.8 Å². The van der Waals surface area contributed by atoms with Crippen LogP contribution in [0.3, 0.4) is 0 Å². The third-order valence-electron chi connectivity index (χ3n) is 7.53. The maximum atomic E-state index is 13.6. The van der Waals surface area contributed by atoms with E-state index >= 15 is 0 Å². The first-order chi connectivity index (χ1) is 15.7. The maximum absolute atomic E-state index is 13.6. The van der Waals surface area contributed by atoms with Gasteiger partial charge < -0.3 is 20.9 Å². The third kappa shape index (κ3) is 4.86. The van der Waals surface area contributed by atoms with Gasteiger partial charge in [-0.1, -0.05) is 0 Å². The van der Waals surface area contributed by atoms with Gasteiger partial charge >= 0.3 is 0 Å². The minimum atomic E-state index is -1.14. The fourth-order valence-electron chi connectivity index (χ4n) is 5.44. The maximum Gasteiger partial charge on any atom is 0.237 e. The van der Waals surface area contributed by atoms with E-state index in [2.05, 4.69) is 16.0 Å². The first-order valence-corrected chi connectivity index (χ1v) is 11.5. The quantitative estimate of drug-likeness (QED) is 0.610. The van der Waals surface area contributed by atoms with Gasteiger partial charge in [-0.15, -0.1) is 0 Å². The van der Waals surface area contributed by atoms with Gasteiger partial charge in [-0.3, -0.25) is 14.4 Å². The Morgan fingerprint density at radius 3 is 2.18 bits per heavy atom. The molecule has 0 radical (unpaired) electrons. The second-order valence-electron chi connectivity index (χ2n) is 9.65. The van der Waals surface area contributed by atoms with Crippen LogP contribution in [0.2, 0.25) is 0 Å². The Bertz CT molecular complexity index is 949. The highest BCUT2D eigenvalue weighted by Crippen LogP contribution is 2.52. The number of carbonyl (C=O) groups is 3. The summed E-state index contributed by atoms with van der Waals surface area (Å²) in [6, 6.07) is 8.39. The molecule has 1 aromatic rings. The number of likely N-dealkylation sites (tertiary alicyclic amines) is 1. The molecule has 0 aromatic heterocycles. The summed E-state index contributed by atoms with van der Waals surface area (Å²) in [4.78, 5) is 38.2. The number of nitrogens with one attached hydrogen (secondary N) is 3. The van der Waals surface area contributed by atoms with Crippen LogP contribution in [-0.2, 0) is 14.4 Å². The molecule has 3 N–H and O–H groups in total. The van der Waals surface area contributed by atoms with Crippen molar-refractivity contribution in [2.45, 2.75) is 69.6 Å². The van der Waals surface area contributed by atoms with E-state index in [0.717, 1.165) is 38.5 Å². The first kappa shape index (κ1) is 23.2. The number of benzene rings is 1. The van der Waals surface area contributed by atoms with Gasteiger partial charge in [-0.2, -0.15) is 5.26 Å². The second kappa shape index (κ2) is 9.10. The van der Waals surface area contributed by atoms with Crippen LogP contribution in [0.5, 0.6) is 0 Å². The molecule has 8 nitrogen and oxygen atoms in total. The molecule has 1 aromatic carbocycles. The molecule has 5 rings (SSSR count). The molecule has 1 heterocycles. The van der Waals surface area contributed by atoms with E-state index in [-0.39, 0.29) is 42.8 Å². The van der Waals surface area contributed by atoms with Crippen molar-refractivity contribution >= 4 is 29.1 Å². The molecule has 0 spiro atoms. The van der Waals surface area contributed by atoms with Crippen LogP contribution in [0, 0.1) is 16.7 Å². The summed E-state index contributed by atoms with van der Waals surface area (Å²) in [5.41, 5.74) is 0.774. The Morgan fingerprint density at radius 1 is 1.06 bits per heavy atom. The molecule has 1 aliphatic heterocycles. The molecule has 2 bridgehead atoms. The van der Waals surface area contributed by atoms with Crippen LogP contribution in [0.15, 0.2) is 24.3 Å². The topological polar surface area (TPSA) is 114 Å². The smallest absolute Gasteiger partial charge is 0.237 e. The van der Waals surface area contributed by atoms with Crippen molar-refractivity contribution in [1.82, 2.24) is 10.2 Å². The van der Waals surface area contributed by atoms with Gasteiger partial charge in [0.05, 0.1) is 19.2 Å². The highest BCUT2D eigenvalue weighted by Gasteiger charge is 2.52. The lowest BCUT2D eigenvalue weighted by molar-refractivity contribution is -0.135. The average molecular weight is 456 g/mol. The molecule has 1 saturated heterocycles. The van der Waals surface area contributed by atoms with Crippen LogP contribution >= 0.6 is 0 Å². The Kier molecular flexibility index (Phi) is 6.39. The Morgan fingerprint density at radius 2 is 1.64 bits per heavy atom. The van der Waals surface area contributed by atoms with Gasteiger partial charge in [0, 0.05) is 35.7 Å². The zero-order valence-electron chi connectivity index (χ0n) is 18.8. The number of hydrogen-bond acceptors (Lipinski definition) is 5. The molecule has 3 saturated carbocycles. The molecule has 2 atom stereocenters. The summed E-state index contributed by atoms with van der Waals surface area (Å²) in [5, 5.41) is 18.3. The molecule has 33 heavy (non-hydrogen) atoms. The van der Waals surface area contributed by atoms with Crippen molar-refractivity contribution in [3.63, 3.8) is 0 Å². The van der Waals surface area contributed by atoms with E-state index in [9.17, 15) is 24.0 Å². The summed E-state index contributed by atoms with van der Waals surface area (Å²) in [7, 11) is 0. The lowest BCUT2D eigenvalue weighted by Gasteiger charge is -2.52. The number of alkyl halides is 1. The summed E-state index contributed by atoms with van der Waals surface area (Å²) >= 11 is 0. The molecule has 176 valence electrons. The first-order valence-electron chi connectivity index (χ1n) is 11.5. The number of nitriles is 1. The summed E-state index contributed by atoms with van der Waals surface area (Å²) in [6.45, 7) is 1.52. The number of amides is 3. The van der Waals surface area contributed by atoms with Crippen LogP contribution in [0.1, 0.15) is 51.9 Å². The molecule has 0 unspecified atom stereocenters. The minimum Gasteiger partial charge on any atom is -0.326 e. The summed E-state index contributed by atoms with van der Waals surface area (Å²) in [5.74, 6) is -0.369. The molecular weight excluding hydrogens is 425 g/mol. The van der Waals surface area contributed by atoms with Gasteiger partial charge in [-0.05, 0) is 62.8 Å². The normalized spacial score (nSPS) is 30.5. The minimum absolute atomic E-state index is 0.0131. The van der Waals surface area contributed by atoms with Crippen LogP contribution in [0.25, 0.3) is 0 Å². The SMILES string of the molecule is CC(=O)Nc1ccc(NC(=O)C23CCC(NCC(=O)N4C[C@@H](F)C[C@H]4C#N)(CC2)CC3)cc1. The van der Waals surface area contributed by atoms with E-state index in [1.165, 1.54) is 11.8 Å². The zero-order chi connectivity index (χ0) is 23.6. The fourth-order valence-corrected chi connectivity index (χ4v) is 5.44. The van der Waals surface area contributed by atoms with E-state index in [1.54, 1.807) is 24.3 Å². The van der Waals surface area contributed by atoms with Crippen molar-refractivity contribution in [1.29, 1.82) is 5.26 Å². The van der Waals surface area contributed by atoms with Crippen molar-refractivity contribution < 1.29 is 18.8 Å². The number of anilines is 2. The Hall–Kier alpha value is -2.99. The Labute approximate surface area is 192 Å². The van der Waals surface area contributed by atoms with Gasteiger partial charge in [-0.25, -0.2) is 4.39 Å². The summed E-state index contributed by atoms with van der Waals surface area (Å²) < 4.78 is 13.6. The molecular formula is C24H30FN5O3. The lowest BCUT2D eigenvalue weighted by Crippen LogP contribution is -2.59. The number of rotatable bonds is 6. The second-order valence-corrected chi connectivity index (χ2v) is 9.65. The summed E-state index contributed by atoms with van der Waals surface area (Å²) in [6.07, 6.45) is 3.54. The van der Waals surface area contributed by atoms with E-state index in [4.69, 9.17) is 0 Å². The zero-order valence-corrected chi connectivity index (χ0v) is 18.8. The van der Waals surface area contributed by atoms with Gasteiger partial charge in [0.15, 0.2) is 0 Å². The highest BCUT2D eigenvalue weighted by molar-refractivity contribution is 5.96. The number of fused-ring (bicyclic) bond motifs is 3. The standard InChI is InChI=1S/C24H30FN5O3/c1-16(31)28-18-2-4-19(5-3-18)29-22(33)23-6-9-24(10-7-23,11-8-23)27-14-21(32)30-15-17(25)12-20(30)13-26/h2-5,17,20,27H,6-12,14-15H2,1H3,(H,28,31)(H,29,33)/t17-,20-,23?,24?/m0/s1. The molecule has 4 aliphatic rings. The number of halogens is 1. The van der Waals surface area contributed by atoms with Crippen molar-refractivity contribution in [3.05, 3.63) is 24.3 Å². The van der Waals surface area contributed by atoms with Crippen molar-refractivity contribution in [2.24, 2.45) is 5.41 Å². The number of nitrogens with zero attached hydrogens (tertiary/aromatic N) is 2. The predicted molar refractivity (Wildman–Crippen MR) is 121 cm³/mol. The van der Waals surface area contributed by atoms with E-state index in [0.29, 0.717) is 11.4 Å². The molecule has 3 aliphatic carbocycles. The van der Waals surface area contributed by atoms with E-state index < -0.39 is 17.6 Å². The van der Waals surface area contributed by atoms with Crippen LogP contribution < -0.4 is 16.0 Å². The van der Waals surface area contributed by atoms with Crippen LogP contribution in [-0.4, -0.2) is 53.5 Å². The van der Waals surface area contributed by atoms with Crippen molar-refractivity contribution in [3.8, 4) is 6.07 Å². The average Bonchev–Trinajstić information content (AvgIpc) is 3.20. The van der Waals surface area contributed by atoms with E-state index in [1.807, 2.05) is 6.07 Å².